The highest BCUT2D eigenvalue weighted by atomic mass is 16.6. The van der Waals surface area contributed by atoms with E-state index in [9.17, 15) is 19.2 Å². The summed E-state index contributed by atoms with van der Waals surface area (Å²) < 4.78 is 12.0. The summed E-state index contributed by atoms with van der Waals surface area (Å²) in [6.45, 7) is 11.8. The fourth-order valence-corrected chi connectivity index (χ4v) is 6.08. The smallest absolute Gasteiger partial charge is 0.343 e. The summed E-state index contributed by atoms with van der Waals surface area (Å²) in [4.78, 5) is 60.3. The maximum atomic E-state index is 13.7. The molecule has 2 saturated heterocycles. The molecule has 1 aromatic carbocycles. The molecule has 1 aromatic heterocycles. The van der Waals surface area contributed by atoms with Crippen molar-refractivity contribution in [1.82, 2.24) is 31.0 Å². The van der Waals surface area contributed by atoms with Crippen molar-refractivity contribution in [1.29, 1.82) is 0 Å². The van der Waals surface area contributed by atoms with E-state index < -0.39 is 29.1 Å². The van der Waals surface area contributed by atoms with E-state index in [1.807, 2.05) is 64.1 Å². The van der Waals surface area contributed by atoms with Gasteiger partial charge in [0.05, 0.1) is 30.5 Å². The molecule has 4 heterocycles. The molecule has 12 heteroatoms. The third-order valence-corrected chi connectivity index (χ3v) is 8.85. The number of esters is 1. The van der Waals surface area contributed by atoms with Gasteiger partial charge in [0, 0.05) is 36.9 Å². The van der Waals surface area contributed by atoms with Gasteiger partial charge in [0.1, 0.15) is 12.1 Å². The number of morpholine rings is 1. The predicted molar refractivity (Wildman–Crippen MR) is 173 cm³/mol. The molecule has 5 rings (SSSR count). The van der Waals surface area contributed by atoms with Crippen LogP contribution in [0.3, 0.4) is 0 Å². The molecule has 5 bridgehead atoms. The van der Waals surface area contributed by atoms with E-state index in [2.05, 4.69) is 21.0 Å². The normalized spacial score (nSPS) is 29.4. The van der Waals surface area contributed by atoms with Gasteiger partial charge in [-0.3, -0.25) is 29.3 Å². The number of carbonyl (C=O) groups is 4. The Morgan fingerprint density at radius 3 is 2.59 bits per heavy atom. The Kier molecular flexibility index (Phi) is 10.1. The average Bonchev–Trinajstić information content (AvgIpc) is 3.04. The maximum absolute atomic E-state index is 13.7. The minimum absolute atomic E-state index is 0.0159. The van der Waals surface area contributed by atoms with Gasteiger partial charge in [-0.2, -0.15) is 0 Å². The van der Waals surface area contributed by atoms with E-state index >= 15 is 0 Å². The van der Waals surface area contributed by atoms with E-state index in [1.54, 1.807) is 13.0 Å². The van der Waals surface area contributed by atoms with Crippen LogP contribution in [-0.2, 0) is 28.7 Å². The van der Waals surface area contributed by atoms with Crippen LogP contribution in [-0.4, -0.2) is 95.7 Å². The molecule has 0 aliphatic carbocycles. The van der Waals surface area contributed by atoms with Gasteiger partial charge < -0.3 is 20.1 Å². The zero-order valence-electron chi connectivity index (χ0n) is 27.4. The van der Waals surface area contributed by atoms with Crippen LogP contribution < -0.4 is 16.1 Å². The molecule has 1 spiro atoms. The largest absolute Gasteiger partial charge is 0.463 e. The molecule has 3 aliphatic rings. The van der Waals surface area contributed by atoms with Gasteiger partial charge in [-0.15, -0.1) is 0 Å². The number of amides is 3. The van der Waals surface area contributed by atoms with Crippen LogP contribution in [0.2, 0.25) is 0 Å². The Bertz CT molecular complexity index is 1510. The van der Waals surface area contributed by atoms with Gasteiger partial charge in [-0.05, 0) is 57.0 Å². The number of nitrogens with zero attached hydrogens (tertiary/aromatic N) is 3. The molecule has 46 heavy (non-hydrogen) atoms. The van der Waals surface area contributed by atoms with Crippen LogP contribution in [0.1, 0.15) is 71.2 Å². The molecule has 0 radical (unpaired) electrons. The number of hydrogen-bond donors (Lipinski definition) is 3. The number of rotatable bonds is 1. The van der Waals surface area contributed by atoms with Gasteiger partial charge in [0.25, 0.3) is 5.91 Å². The lowest BCUT2D eigenvalue weighted by Crippen LogP contribution is -2.60. The zero-order valence-corrected chi connectivity index (χ0v) is 27.4. The quantitative estimate of drug-likeness (QED) is 0.404. The van der Waals surface area contributed by atoms with Crippen LogP contribution in [0.5, 0.6) is 0 Å². The second-order valence-electron chi connectivity index (χ2n) is 13.4. The number of benzene rings is 1. The number of nitrogens with one attached hydrogen (secondary N) is 3. The molecule has 2 fully saturated rings. The number of aromatic nitrogens is 1. The van der Waals surface area contributed by atoms with Gasteiger partial charge in [0.2, 0.25) is 11.8 Å². The van der Waals surface area contributed by atoms with Crippen LogP contribution in [0.15, 0.2) is 36.4 Å². The topological polar surface area (TPSA) is 142 Å². The Hall–Kier alpha value is -3.87. The van der Waals surface area contributed by atoms with Gasteiger partial charge in [-0.25, -0.2) is 10.2 Å². The van der Waals surface area contributed by atoms with E-state index in [4.69, 9.17) is 14.5 Å². The Morgan fingerprint density at radius 2 is 1.80 bits per heavy atom. The highest BCUT2D eigenvalue weighted by Gasteiger charge is 2.44. The highest BCUT2D eigenvalue weighted by molar-refractivity contribution is 5.89. The highest BCUT2D eigenvalue weighted by Crippen LogP contribution is 2.28. The van der Waals surface area contributed by atoms with Crippen molar-refractivity contribution in [3.8, 4) is 0 Å². The average molecular weight is 635 g/mol. The van der Waals surface area contributed by atoms with Crippen LogP contribution in [0.25, 0.3) is 17.0 Å². The third-order valence-electron chi connectivity index (χ3n) is 8.85. The summed E-state index contributed by atoms with van der Waals surface area (Å²) in [7, 11) is 0. The molecule has 3 aliphatic heterocycles. The second-order valence-corrected chi connectivity index (χ2v) is 13.4. The number of hydrogen-bond acceptors (Lipinski definition) is 9. The third kappa shape index (κ3) is 7.73. The van der Waals surface area contributed by atoms with E-state index in [1.165, 1.54) is 5.01 Å². The first-order valence-corrected chi connectivity index (χ1v) is 16.2. The van der Waals surface area contributed by atoms with Crippen LogP contribution >= 0.6 is 0 Å². The monoisotopic (exact) mass is 634 g/mol. The first kappa shape index (κ1) is 33.5. The van der Waals surface area contributed by atoms with Crippen molar-refractivity contribution in [2.45, 2.75) is 77.6 Å². The van der Waals surface area contributed by atoms with Gasteiger partial charge in [-0.1, -0.05) is 45.0 Å². The Balaban J connectivity index is 1.48. The Morgan fingerprint density at radius 1 is 1.02 bits per heavy atom. The molecule has 0 saturated carbocycles. The standard InChI is InChI=1S/C34H46N6O6/c1-6-39-16-17-46-34(20-39)14-13-24-9-10-25-11-12-26(37-28(25)18-24)22(2)36-30(42)27-8-7-15-40(38-27)31(43)23(3)35-29(41)19-33(4,5)21-45-32(34)44/h9-14,18,22-23,27,38H,6-8,15-17,19-21H2,1-5H3,(H,35,41)(H,36,42)/b14-13+/t22-,23+,27+,34?/m1/s1. The lowest BCUT2D eigenvalue weighted by Gasteiger charge is -2.39. The number of fused-ring (bicyclic) bond motifs is 4. The first-order chi connectivity index (χ1) is 21.9. The number of likely N-dealkylation sites (N-methyl/N-ethyl adjacent to an activating group) is 1. The second kappa shape index (κ2) is 13.9. The fourth-order valence-electron chi connectivity index (χ4n) is 6.08. The molecule has 4 atom stereocenters. The molecular formula is C34H46N6O6. The summed E-state index contributed by atoms with van der Waals surface area (Å²) in [6.07, 6.45) is 4.85. The van der Waals surface area contributed by atoms with Crippen LogP contribution in [0.4, 0.5) is 0 Å². The van der Waals surface area contributed by atoms with Crippen molar-refractivity contribution in [3.05, 3.63) is 47.7 Å². The van der Waals surface area contributed by atoms with Crippen molar-refractivity contribution >= 4 is 40.7 Å². The van der Waals surface area contributed by atoms with Gasteiger partial charge >= 0.3 is 5.97 Å². The SMILES string of the molecule is CCN1CCOC2(/C=C/c3ccc4ccc(nc4c3)[C@@H](C)NC(=O)[C@@H]3CCCN(N3)C(=O)[C@H](C)NC(=O)CC(C)(C)COC2=O)C1. The first-order valence-electron chi connectivity index (χ1n) is 16.2. The summed E-state index contributed by atoms with van der Waals surface area (Å²) >= 11 is 0. The molecule has 3 N–H and O–H groups in total. The van der Waals surface area contributed by atoms with Crippen molar-refractivity contribution < 1.29 is 28.7 Å². The predicted octanol–water partition coefficient (Wildman–Crippen LogP) is 2.49. The maximum Gasteiger partial charge on any atom is 0.343 e. The number of pyridine rings is 1. The molecular weight excluding hydrogens is 588 g/mol. The molecule has 248 valence electrons. The summed E-state index contributed by atoms with van der Waals surface area (Å²) in [6, 6.07) is 7.90. The minimum Gasteiger partial charge on any atom is -0.463 e. The molecule has 12 nitrogen and oxygen atoms in total. The van der Waals surface area contributed by atoms with Crippen molar-refractivity contribution in [2.24, 2.45) is 5.41 Å². The van der Waals surface area contributed by atoms with E-state index in [0.717, 1.165) is 23.0 Å². The number of ether oxygens (including phenoxy) is 2. The lowest BCUT2D eigenvalue weighted by atomic mass is 9.89. The fraction of sp³-hybridized carbons (Fsp3) is 0.559. The van der Waals surface area contributed by atoms with Crippen molar-refractivity contribution in [3.63, 3.8) is 0 Å². The summed E-state index contributed by atoms with van der Waals surface area (Å²) in [5.74, 6) is -1.43. The Labute approximate surface area is 270 Å². The zero-order chi connectivity index (χ0) is 33.1. The van der Waals surface area contributed by atoms with Gasteiger partial charge in [0.15, 0.2) is 5.60 Å². The molecule has 1 unspecified atom stereocenters. The van der Waals surface area contributed by atoms with Crippen molar-refractivity contribution in [2.75, 3.05) is 39.4 Å². The number of carbonyl (C=O) groups excluding carboxylic acids is 4. The van der Waals surface area contributed by atoms with Crippen LogP contribution in [0, 0.1) is 5.41 Å². The number of hydrazine groups is 1. The molecule has 2 aromatic rings. The summed E-state index contributed by atoms with van der Waals surface area (Å²) in [5.41, 5.74) is 3.28. The van der Waals surface area contributed by atoms with E-state index in [-0.39, 0.29) is 36.8 Å². The lowest BCUT2D eigenvalue weighted by molar-refractivity contribution is -0.178. The number of cyclic esters (lactones) is 1. The minimum atomic E-state index is -1.33. The summed E-state index contributed by atoms with van der Waals surface area (Å²) in [5, 5.41) is 8.17. The molecule has 3 amide bonds. The van der Waals surface area contributed by atoms with E-state index in [0.29, 0.717) is 44.8 Å².